The Morgan fingerprint density at radius 2 is 1.89 bits per heavy atom. The van der Waals surface area contributed by atoms with Gasteiger partial charge in [0.1, 0.15) is 4.90 Å². The number of likely N-dealkylation sites (N-methyl/N-ethyl adjacent to an activating group) is 1. The summed E-state index contributed by atoms with van der Waals surface area (Å²) in [6, 6.07) is 4.63. The maximum Gasteiger partial charge on any atom is 0.240 e. The minimum atomic E-state index is -3.80. The number of hydrogen-bond donors (Lipinski definition) is 3. The molecule has 0 aliphatic rings. The third-order valence-corrected chi connectivity index (χ3v) is 4.19. The average molecular weight is 286 g/mol. The maximum absolute atomic E-state index is 11.5. The Kier molecular flexibility index (Phi) is 4.44. The van der Waals surface area contributed by atoms with E-state index < -0.39 is 10.0 Å². The van der Waals surface area contributed by atoms with Gasteiger partial charge in [-0.25, -0.2) is 13.6 Å². The Balaban J connectivity index is 3.03. The van der Waals surface area contributed by atoms with Gasteiger partial charge in [-0.3, -0.25) is 0 Å². The standard InChI is InChI=1S/C12H22N4O2S/c1-12(2,16(3)4)8-15-10-6-5-9(13)7-11(10)19(14,17)18/h5-7,15H,8,13H2,1-4H3,(H2,14,17,18). The molecule has 6 nitrogen and oxygen atoms in total. The number of benzene rings is 1. The minimum Gasteiger partial charge on any atom is -0.399 e. The van der Waals surface area contributed by atoms with E-state index in [4.69, 9.17) is 10.9 Å². The molecule has 0 aromatic heterocycles. The summed E-state index contributed by atoms with van der Waals surface area (Å²) in [7, 11) is 0.127. The van der Waals surface area contributed by atoms with Crippen LogP contribution in [-0.4, -0.2) is 39.5 Å². The number of hydrogen-bond acceptors (Lipinski definition) is 5. The molecule has 0 bridgehead atoms. The van der Waals surface area contributed by atoms with E-state index in [1.54, 1.807) is 12.1 Å². The van der Waals surface area contributed by atoms with Gasteiger partial charge >= 0.3 is 0 Å². The molecule has 0 saturated heterocycles. The second-order valence-electron chi connectivity index (χ2n) is 5.36. The van der Waals surface area contributed by atoms with Gasteiger partial charge in [-0.05, 0) is 46.1 Å². The lowest BCUT2D eigenvalue weighted by molar-refractivity contribution is 0.210. The first kappa shape index (κ1) is 15.7. The fourth-order valence-electron chi connectivity index (χ4n) is 1.39. The molecule has 1 aromatic carbocycles. The van der Waals surface area contributed by atoms with Crippen LogP contribution in [-0.2, 0) is 10.0 Å². The first-order valence-electron chi connectivity index (χ1n) is 5.88. The number of rotatable bonds is 5. The summed E-state index contributed by atoms with van der Waals surface area (Å²) >= 11 is 0. The summed E-state index contributed by atoms with van der Waals surface area (Å²) < 4.78 is 23.1. The predicted molar refractivity (Wildman–Crippen MR) is 78.5 cm³/mol. The van der Waals surface area contributed by atoms with Gasteiger partial charge in [0.2, 0.25) is 10.0 Å². The lowest BCUT2D eigenvalue weighted by Crippen LogP contribution is -2.44. The molecule has 1 aromatic rings. The lowest BCUT2D eigenvalue weighted by atomic mass is 10.0. The van der Waals surface area contributed by atoms with E-state index in [-0.39, 0.29) is 10.4 Å². The van der Waals surface area contributed by atoms with Gasteiger partial charge in [0.15, 0.2) is 0 Å². The molecule has 108 valence electrons. The number of nitrogens with two attached hydrogens (primary N) is 2. The zero-order chi connectivity index (χ0) is 14.8. The number of nitrogens with one attached hydrogen (secondary N) is 1. The largest absolute Gasteiger partial charge is 0.399 e. The average Bonchev–Trinajstić information content (AvgIpc) is 2.26. The molecule has 0 saturated carbocycles. The quantitative estimate of drug-likeness (QED) is 0.691. The molecule has 5 N–H and O–H groups in total. The molecule has 0 amide bonds. The van der Waals surface area contributed by atoms with Crippen molar-refractivity contribution in [1.29, 1.82) is 0 Å². The Morgan fingerprint density at radius 1 is 1.32 bits per heavy atom. The monoisotopic (exact) mass is 286 g/mol. The molecule has 1 rings (SSSR count). The summed E-state index contributed by atoms with van der Waals surface area (Å²) in [6.07, 6.45) is 0. The molecule has 0 radical (unpaired) electrons. The maximum atomic E-state index is 11.5. The van der Waals surface area contributed by atoms with E-state index in [1.165, 1.54) is 6.07 Å². The van der Waals surface area contributed by atoms with Gasteiger partial charge in [0, 0.05) is 17.8 Å². The number of primary sulfonamides is 1. The van der Waals surface area contributed by atoms with Crippen molar-refractivity contribution in [3.05, 3.63) is 18.2 Å². The van der Waals surface area contributed by atoms with Crippen LogP contribution in [0.3, 0.4) is 0 Å². The number of anilines is 2. The van der Waals surface area contributed by atoms with Crippen molar-refractivity contribution in [3.8, 4) is 0 Å². The van der Waals surface area contributed by atoms with Crippen LogP contribution in [0.15, 0.2) is 23.1 Å². The first-order chi connectivity index (χ1) is 8.54. The molecule has 0 aliphatic carbocycles. The van der Waals surface area contributed by atoms with Crippen molar-refractivity contribution >= 4 is 21.4 Å². The SMILES string of the molecule is CN(C)C(C)(C)CNc1ccc(N)cc1S(N)(=O)=O. The van der Waals surface area contributed by atoms with Crippen molar-refractivity contribution in [2.45, 2.75) is 24.3 Å². The smallest absolute Gasteiger partial charge is 0.240 e. The van der Waals surface area contributed by atoms with Crippen molar-refractivity contribution in [1.82, 2.24) is 4.90 Å². The van der Waals surface area contributed by atoms with E-state index in [9.17, 15) is 8.42 Å². The number of nitrogens with zero attached hydrogens (tertiary/aromatic N) is 1. The molecule has 7 heteroatoms. The second-order valence-corrected chi connectivity index (χ2v) is 6.89. The molecule has 0 fully saturated rings. The van der Waals surface area contributed by atoms with Crippen LogP contribution < -0.4 is 16.2 Å². The van der Waals surface area contributed by atoms with Gasteiger partial charge in [0.05, 0.1) is 5.69 Å². The van der Waals surface area contributed by atoms with Gasteiger partial charge in [-0.15, -0.1) is 0 Å². The third kappa shape index (κ3) is 4.09. The second kappa shape index (κ2) is 5.36. The van der Waals surface area contributed by atoms with Crippen molar-refractivity contribution in [2.75, 3.05) is 31.7 Å². The summed E-state index contributed by atoms with van der Waals surface area (Å²) in [4.78, 5) is 2.07. The van der Waals surface area contributed by atoms with Crippen LogP contribution in [0.4, 0.5) is 11.4 Å². The highest BCUT2D eigenvalue weighted by molar-refractivity contribution is 7.89. The fraction of sp³-hybridized carbons (Fsp3) is 0.500. The van der Waals surface area contributed by atoms with E-state index in [0.29, 0.717) is 17.9 Å². The molecule has 0 aliphatic heterocycles. The molecule has 0 unspecified atom stereocenters. The summed E-state index contributed by atoms with van der Waals surface area (Å²) in [5.74, 6) is 0. The Labute approximate surface area is 114 Å². The van der Waals surface area contributed by atoms with E-state index in [0.717, 1.165) is 0 Å². The van der Waals surface area contributed by atoms with Gasteiger partial charge in [-0.1, -0.05) is 0 Å². The van der Waals surface area contributed by atoms with E-state index in [2.05, 4.69) is 5.32 Å². The van der Waals surface area contributed by atoms with Gasteiger partial charge < -0.3 is 16.0 Å². The fourth-order valence-corrected chi connectivity index (χ4v) is 2.14. The molecule has 0 spiro atoms. The normalized spacial score (nSPS) is 12.7. The van der Waals surface area contributed by atoms with Gasteiger partial charge in [-0.2, -0.15) is 0 Å². The zero-order valence-electron chi connectivity index (χ0n) is 11.8. The highest BCUT2D eigenvalue weighted by Crippen LogP contribution is 2.24. The predicted octanol–water partition coefficient (Wildman–Crippen LogP) is 0.668. The molecule has 19 heavy (non-hydrogen) atoms. The Morgan fingerprint density at radius 3 is 2.37 bits per heavy atom. The van der Waals surface area contributed by atoms with E-state index in [1.807, 2.05) is 32.8 Å². The number of nitrogen functional groups attached to an aromatic ring is 1. The van der Waals surface area contributed by atoms with Crippen molar-refractivity contribution < 1.29 is 8.42 Å². The summed E-state index contributed by atoms with van der Waals surface area (Å²) in [5.41, 5.74) is 6.30. The molecular weight excluding hydrogens is 264 g/mol. The Bertz CT molecular complexity index is 553. The Hall–Kier alpha value is -1.31. The highest BCUT2D eigenvalue weighted by Gasteiger charge is 2.22. The lowest BCUT2D eigenvalue weighted by Gasteiger charge is -2.33. The van der Waals surface area contributed by atoms with Crippen LogP contribution in [0.25, 0.3) is 0 Å². The van der Waals surface area contributed by atoms with Crippen LogP contribution in [0.2, 0.25) is 0 Å². The highest BCUT2D eigenvalue weighted by atomic mass is 32.2. The molecule has 0 heterocycles. The number of sulfonamides is 1. The first-order valence-corrected chi connectivity index (χ1v) is 7.42. The minimum absolute atomic E-state index is 0.0158. The molecular formula is C12H22N4O2S. The van der Waals surface area contributed by atoms with Crippen LogP contribution >= 0.6 is 0 Å². The van der Waals surface area contributed by atoms with Crippen LogP contribution in [0, 0.1) is 0 Å². The van der Waals surface area contributed by atoms with Crippen molar-refractivity contribution in [2.24, 2.45) is 5.14 Å². The zero-order valence-corrected chi connectivity index (χ0v) is 12.6. The summed E-state index contributed by atoms with van der Waals surface area (Å²) in [6.45, 7) is 4.67. The van der Waals surface area contributed by atoms with Crippen LogP contribution in [0.5, 0.6) is 0 Å². The van der Waals surface area contributed by atoms with Crippen LogP contribution in [0.1, 0.15) is 13.8 Å². The van der Waals surface area contributed by atoms with Gasteiger partial charge in [0.25, 0.3) is 0 Å². The van der Waals surface area contributed by atoms with Crippen molar-refractivity contribution in [3.63, 3.8) is 0 Å². The topological polar surface area (TPSA) is 101 Å². The molecule has 0 atom stereocenters. The summed E-state index contributed by atoms with van der Waals surface area (Å²) in [5, 5.41) is 8.30. The van der Waals surface area contributed by atoms with E-state index >= 15 is 0 Å². The third-order valence-electron chi connectivity index (χ3n) is 3.23.